The number of alkyl halides is 1. The van der Waals surface area contributed by atoms with E-state index in [1.807, 2.05) is 12.1 Å². The molecular formula is C29H36ClFN4O3. The van der Waals surface area contributed by atoms with Gasteiger partial charge < -0.3 is 19.5 Å². The van der Waals surface area contributed by atoms with E-state index in [-0.39, 0.29) is 11.6 Å². The lowest BCUT2D eigenvalue weighted by Gasteiger charge is -2.37. The monoisotopic (exact) mass is 542 g/mol. The molecule has 2 aromatic rings. The predicted octanol–water partition coefficient (Wildman–Crippen LogP) is 4.35. The van der Waals surface area contributed by atoms with Crippen molar-refractivity contribution >= 4 is 17.4 Å². The zero-order valence-electron chi connectivity index (χ0n) is 21.8. The van der Waals surface area contributed by atoms with Crippen molar-refractivity contribution in [3.63, 3.8) is 0 Å². The number of aromatic nitrogens is 2. The van der Waals surface area contributed by atoms with Crippen LogP contribution in [0.25, 0.3) is 0 Å². The second kappa shape index (κ2) is 9.58. The molecule has 0 amide bonds. The summed E-state index contributed by atoms with van der Waals surface area (Å²) in [4.78, 5) is 14.4. The lowest BCUT2D eigenvalue weighted by atomic mass is 9.87. The van der Waals surface area contributed by atoms with Gasteiger partial charge in [-0.1, -0.05) is 23.7 Å². The summed E-state index contributed by atoms with van der Waals surface area (Å²) in [6.45, 7) is 3.82. The zero-order chi connectivity index (χ0) is 25.9. The fraction of sp³-hybridized carbons (Fsp3) is 0.655. The fourth-order valence-corrected chi connectivity index (χ4v) is 7.89. The van der Waals surface area contributed by atoms with Crippen LogP contribution in [0.5, 0.6) is 6.01 Å². The highest BCUT2D eigenvalue weighted by atomic mass is 35.5. The molecule has 9 heteroatoms. The molecule has 5 heterocycles. The summed E-state index contributed by atoms with van der Waals surface area (Å²) in [6, 6.07) is 6.46. The largest absolute Gasteiger partial charge is 0.461 e. The Balaban J connectivity index is 1.23. The van der Waals surface area contributed by atoms with E-state index in [0.29, 0.717) is 45.0 Å². The van der Waals surface area contributed by atoms with Gasteiger partial charge in [0, 0.05) is 43.1 Å². The van der Waals surface area contributed by atoms with Gasteiger partial charge in [0.1, 0.15) is 18.6 Å². The number of fused-ring (bicyclic) bond motifs is 4. The Kier molecular flexibility index (Phi) is 6.30. The van der Waals surface area contributed by atoms with Crippen LogP contribution in [-0.4, -0.2) is 70.6 Å². The molecule has 1 aromatic carbocycles. The number of aliphatic hydroxyl groups is 1. The van der Waals surface area contributed by atoms with Crippen LogP contribution in [0.3, 0.4) is 0 Å². The molecule has 1 N–H and O–H groups in total. The Morgan fingerprint density at radius 2 is 2.05 bits per heavy atom. The minimum absolute atomic E-state index is 0.253. The number of anilines is 1. The number of rotatable bonds is 4. The summed E-state index contributed by atoms with van der Waals surface area (Å²) in [7, 11) is 0. The first kappa shape index (κ1) is 25.0. The van der Waals surface area contributed by atoms with Gasteiger partial charge in [0.2, 0.25) is 0 Å². The van der Waals surface area contributed by atoms with Gasteiger partial charge in [0.05, 0.1) is 29.5 Å². The molecule has 204 valence electrons. The molecule has 3 fully saturated rings. The summed E-state index contributed by atoms with van der Waals surface area (Å²) in [5.41, 5.74) is 3.62. The van der Waals surface area contributed by atoms with Crippen LogP contribution < -0.4 is 9.64 Å². The number of benzene rings is 1. The maximum atomic E-state index is 14.4. The molecular weight excluding hydrogens is 507 g/mol. The van der Waals surface area contributed by atoms with Gasteiger partial charge in [-0.2, -0.15) is 9.97 Å². The first-order valence-corrected chi connectivity index (χ1v) is 14.6. The molecule has 2 unspecified atom stereocenters. The van der Waals surface area contributed by atoms with E-state index in [2.05, 4.69) is 15.9 Å². The normalized spacial score (nSPS) is 32.8. The van der Waals surface area contributed by atoms with E-state index in [1.54, 1.807) is 0 Å². The predicted molar refractivity (Wildman–Crippen MR) is 143 cm³/mol. The Bertz CT molecular complexity index is 1230. The molecule has 3 saturated heterocycles. The Morgan fingerprint density at radius 3 is 2.97 bits per heavy atom. The Labute approximate surface area is 228 Å². The number of hydrogen-bond donors (Lipinski definition) is 1. The van der Waals surface area contributed by atoms with Crippen LogP contribution in [0, 0.1) is 0 Å². The molecule has 1 aliphatic carbocycles. The number of ether oxygens (including phenoxy) is 2. The molecule has 1 aromatic heterocycles. The van der Waals surface area contributed by atoms with Gasteiger partial charge >= 0.3 is 6.01 Å². The van der Waals surface area contributed by atoms with Crippen molar-refractivity contribution in [2.75, 3.05) is 37.7 Å². The van der Waals surface area contributed by atoms with E-state index in [9.17, 15) is 9.50 Å². The average molecular weight is 543 g/mol. The van der Waals surface area contributed by atoms with Crippen LogP contribution in [0.2, 0.25) is 5.02 Å². The summed E-state index contributed by atoms with van der Waals surface area (Å²) in [6.07, 6.45) is 6.27. The third-order valence-electron chi connectivity index (χ3n) is 9.61. The van der Waals surface area contributed by atoms with Crippen molar-refractivity contribution in [3.05, 3.63) is 45.6 Å². The van der Waals surface area contributed by atoms with Gasteiger partial charge in [-0.05, 0) is 68.7 Å². The summed E-state index contributed by atoms with van der Waals surface area (Å²) < 4.78 is 27.4. The van der Waals surface area contributed by atoms with Gasteiger partial charge in [-0.3, -0.25) is 4.90 Å². The maximum absolute atomic E-state index is 14.4. The van der Waals surface area contributed by atoms with Gasteiger partial charge in [0.15, 0.2) is 0 Å². The van der Waals surface area contributed by atoms with Crippen molar-refractivity contribution in [2.45, 2.75) is 87.8 Å². The third-order valence-corrected chi connectivity index (χ3v) is 9.97. The Hall–Kier alpha value is -2.00. The second-order valence-electron chi connectivity index (χ2n) is 11.9. The molecule has 0 bridgehead atoms. The van der Waals surface area contributed by atoms with Crippen LogP contribution in [0.1, 0.15) is 67.3 Å². The summed E-state index contributed by atoms with van der Waals surface area (Å²) in [5, 5.41) is 11.1. The minimum atomic E-state index is -0.797. The Morgan fingerprint density at radius 1 is 1.13 bits per heavy atom. The number of aliphatic hydroxyl groups excluding tert-OH is 1. The van der Waals surface area contributed by atoms with E-state index >= 15 is 0 Å². The SMILES string of the molecule is OC1CCCN(c2nc(OC[C@@]34CCCN3C[C@H](F)C4)nc3c2COC2(CCc4c(Cl)cccc42)C3)CC1. The zero-order valence-corrected chi connectivity index (χ0v) is 22.6. The van der Waals surface area contributed by atoms with Crippen LogP contribution in [0.15, 0.2) is 18.2 Å². The van der Waals surface area contributed by atoms with E-state index in [4.69, 9.17) is 31.0 Å². The number of halogens is 2. The molecule has 4 atom stereocenters. The van der Waals surface area contributed by atoms with Crippen LogP contribution in [0.4, 0.5) is 10.2 Å². The second-order valence-corrected chi connectivity index (χ2v) is 12.3. The third kappa shape index (κ3) is 4.19. The topological polar surface area (TPSA) is 71.0 Å². The lowest BCUT2D eigenvalue weighted by Crippen LogP contribution is -2.43. The minimum Gasteiger partial charge on any atom is -0.461 e. The van der Waals surface area contributed by atoms with Crippen molar-refractivity contribution < 1.29 is 19.0 Å². The van der Waals surface area contributed by atoms with Gasteiger partial charge in [0.25, 0.3) is 0 Å². The smallest absolute Gasteiger partial charge is 0.318 e. The average Bonchev–Trinajstić information content (AvgIpc) is 3.49. The van der Waals surface area contributed by atoms with Gasteiger partial charge in [-0.25, -0.2) is 4.39 Å². The number of hydrogen-bond acceptors (Lipinski definition) is 7. The quantitative estimate of drug-likeness (QED) is 0.616. The molecule has 1 spiro atoms. The lowest BCUT2D eigenvalue weighted by molar-refractivity contribution is -0.0730. The van der Waals surface area contributed by atoms with Gasteiger partial charge in [-0.15, -0.1) is 0 Å². The molecule has 4 aliphatic heterocycles. The summed E-state index contributed by atoms with van der Waals surface area (Å²) in [5.74, 6) is 0.855. The highest BCUT2D eigenvalue weighted by Crippen LogP contribution is 2.49. The molecule has 7 rings (SSSR count). The van der Waals surface area contributed by atoms with Crippen molar-refractivity contribution in [1.82, 2.24) is 14.9 Å². The standard InChI is InChI=1S/C29H36ClFN4O3/c30-24-6-1-5-23-21(24)7-10-29(23)15-25-22(17-38-29)26(34-11-2-4-20(36)8-13-34)33-27(32-25)37-18-28-9-3-12-35(28)16-19(31)14-28/h1,5-6,19-20,36H,2-4,7-18H2/t19-,20?,28+,29?/m1/s1. The van der Waals surface area contributed by atoms with E-state index in [1.165, 1.54) is 5.56 Å². The highest BCUT2D eigenvalue weighted by molar-refractivity contribution is 6.31. The molecule has 7 nitrogen and oxygen atoms in total. The van der Waals surface area contributed by atoms with E-state index in [0.717, 1.165) is 85.8 Å². The molecule has 38 heavy (non-hydrogen) atoms. The first-order chi connectivity index (χ1) is 18.4. The molecule has 5 aliphatic rings. The van der Waals surface area contributed by atoms with E-state index < -0.39 is 11.8 Å². The van der Waals surface area contributed by atoms with Crippen molar-refractivity contribution in [3.8, 4) is 6.01 Å². The number of nitrogens with zero attached hydrogens (tertiary/aromatic N) is 4. The first-order valence-electron chi connectivity index (χ1n) is 14.2. The fourth-order valence-electron chi connectivity index (χ4n) is 7.62. The van der Waals surface area contributed by atoms with Crippen LogP contribution in [-0.2, 0) is 29.8 Å². The molecule has 0 radical (unpaired) electrons. The van der Waals surface area contributed by atoms with Crippen molar-refractivity contribution in [1.29, 1.82) is 0 Å². The summed E-state index contributed by atoms with van der Waals surface area (Å²) >= 11 is 6.55. The molecule has 0 saturated carbocycles. The van der Waals surface area contributed by atoms with Crippen LogP contribution >= 0.6 is 11.6 Å². The highest BCUT2D eigenvalue weighted by Gasteiger charge is 2.50. The maximum Gasteiger partial charge on any atom is 0.318 e. The van der Waals surface area contributed by atoms with Crippen molar-refractivity contribution in [2.24, 2.45) is 0 Å².